The maximum absolute atomic E-state index is 13.0. The van der Waals surface area contributed by atoms with Crippen LogP contribution in [0.2, 0.25) is 0 Å². The van der Waals surface area contributed by atoms with Crippen molar-refractivity contribution in [1.82, 2.24) is 4.90 Å². The van der Waals surface area contributed by atoms with Gasteiger partial charge in [0.2, 0.25) is 0 Å². The fourth-order valence-electron chi connectivity index (χ4n) is 3.15. The second kappa shape index (κ2) is 7.70. The number of fused-ring (bicyclic) bond motifs is 1. The molecule has 1 heterocycles. The SMILES string of the molecule is COc1ccc2ccccc2c1/C=C1\SC(=S)N([C@@H](C(=O)O)C(C)C)C1=O. The third kappa shape index (κ3) is 3.57. The second-order valence-corrected chi connectivity index (χ2v) is 8.16. The number of ether oxygens (including phenoxy) is 1. The highest BCUT2D eigenvalue weighted by Crippen LogP contribution is 2.38. The molecule has 27 heavy (non-hydrogen) atoms. The minimum atomic E-state index is -1.06. The van der Waals surface area contributed by atoms with Crippen LogP contribution in [0.3, 0.4) is 0 Å². The average molecular weight is 402 g/mol. The lowest BCUT2D eigenvalue weighted by molar-refractivity contribution is -0.146. The van der Waals surface area contributed by atoms with Crippen LogP contribution in [-0.4, -0.2) is 39.4 Å². The van der Waals surface area contributed by atoms with Crippen LogP contribution in [0.15, 0.2) is 41.3 Å². The molecule has 1 fully saturated rings. The number of thiocarbonyl (C=S) groups is 1. The largest absolute Gasteiger partial charge is 0.496 e. The fourth-order valence-corrected chi connectivity index (χ4v) is 4.46. The Balaban J connectivity index is 2.09. The molecule has 2 aromatic rings. The second-order valence-electron chi connectivity index (χ2n) is 6.48. The number of rotatable bonds is 5. The normalized spacial score (nSPS) is 17.2. The summed E-state index contributed by atoms with van der Waals surface area (Å²) in [6.45, 7) is 3.52. The van der Waals surface area contributed by atoms with E-state index in [2.05, 4.69) is 0 Å². The molecule has 0 saturated carbocycles. The van der Waals surface area contributed by atoms with Gasteiger partial charge in [-0.25, -0.2) is 4.79 Å². The van der Waals surface area contributed by atoms with Crippen LogP contribution in [0, 0.1) is 5.92 Å². The molecule has 0 radical (unpaired) electrons. The van der Waals surface area contributed by atoms with Crippen molar-refractivity contribution in [2.24, 2.45) is 5.92 Å². The number of carboxylic acids is 1. The summed E-state index contributed by atoms with van der Waals surface area (Å²) in [4.78, 5) is 26.2. The number of thioether (sulfide) groups is 1. The number of hydrogen-bond donors (Lipinski definition) is 1. The third-order valence-electron chi connectivity index (χ3n) is 4.41. The van der Waals surface area contributed by atoms with E-state index in [1.54, 1.807) is 27.0 Å². The molecular formula is C20H19NO4S2. The maximum Gasteiger partial charge on any atom is 0.327 e. The number of hydrogen-bond acceptors (Lipinski definition) is 5. The van der Waals surface area contributed by atoms with Gasteiger partial charge in [0.1, 0.15) is 16.1 Å². The number of amides is 1. The van der Waals surface area contributed by atoms with Gasteiger partial charge in [-0.2, -0.15) is 0 Å². The molecule has 140 valence electrons. The van der Waals surface area contributed by atoms with Gasteiger partial charge in [-0.05, 0) is 28.8 Å². The number of carbonyl (C=O) groups is 2. The predicted molar refractivity (Wildman–Crippen MR) is 112 cm³/mol. The number of carbonyl (C=O) groups excluding carboxylic acids is 1. The van der Waals surface area contributed by atoms with Crippen molar-refractivity contribution < 1.29 is 19.4 Å². The molecule has 1 amide bonds. The van der Waals surface area contributed by atoms with Gasteiger partial charge in [-0.1, -0.05) is 68.2 Å². The topological polar surface area (TPSA) is 66.8 Å². The van der Waals surface area contributed by atoms with Crippen molar-refractivity contribution >= 4 is 57.0 Å². The van der Waals surface area contributed by atoms with Crippen LogP contribution in [0.25, 0.3) is 16.8 Å². The summed E-state index contributed by atoms with van der Waals surface area (Å²) in [5.41, 5.74) is 0.771. The first-order valence-corrected chi connectivity index (χ1v) is 9.63. The van der Waals surface area contributed by atoms with Gasteiger partial charge in [0, 0.05) is 5.56 Å². The number of benzene rings is 2. The van der Waals surface area contributed by atoms with Gasteiger partial charge < -0.3 is 9.84 Å². The summed E-state index contributed by atoms with van der Waals surface area (Å²) >= 11 is 6.43. The first-order chi connectivity index (χ1) is 12.8. The van der Waals surface area contributed by atoms with E-state index < -0.39 is 12.0 Å². The summed E-state index contributed by atoms with van der Waals surface area (Å²) in [5, 5.41) is 11.5. The van der Waals surface area contributed by atoms with E-state index in [1.807, 2.05) is 36.4 Å². The van der Waals surface area contributed by atoms with E-state index in [0.717, 1.165) is 28.1 Å². The number of aliphatic carboxylic acids is 1. The summed E-state index contributed by atoms with van der Waals surface area (Å²) in [6.07, 6.45) is 1.74. The molecule has 0 bridgehead atoms. The maximum atomic E-state index is 13.0. The van der Waals surface area contributed by atoms with E-state index in [0.29, 0.717) is 10.7 Å². The fraction of sp³-hybridized carbons (Fsp3) is 0.250. The summed E-state index contributed by atoms with van der Waals surface area (Å²) in [6, 6.07) is 10.6. The van der Waals surface area contributed by atoms with E-state index in [4.69, 9.17) is 17.0 Å². The number of methoxy groups -OCH3 is 1. The molecule has 2 aromatic carbocycles. The van der Waals surface area contributed by atoms with E-state index in [9.17, 15) is 14.7 Å². The van der Waals surface area contributed by atoms with Crippen molar-refractivity contribution in [3.05, 3.63) is 46.9 Å². The monoisotopic (exact) mass is 401 g/mol. The predicted octanol–water partition coefficient (Wildman–Crippen LogP) is 4.16. The minimum absolute atomic E-state index is 0.256. The van der Waals surface area contributed by atoms with E-state index >= 15 is 0 Å². The van der Waals surface area contributed by atoms with Crippen LogP contribution >= 0.6 is 24.0 Å². The smallest absolute Gasteiger partial charge is 0.327 e. The average Bonchev–Trinajstić information content (AvgIpc) is 2.89. The Kier molecular flexibility index (Phi) is 5.53. The lowest BCUT2D eigenvalue weighted by Gasteiger charge is -2.26. The van der Waals surface area contributed by atoms with Crippen LogP contribution in [-0.2, 0) is 9.59 Å². The first kappa shape index (κ1) is 19.4. The van der Waals surface area contributed by atoms with Gasteiger partial charge >= 0.3 is 5.97 Å². The quantitative estimate of drug-likeness (QED) is 0.599. The van der Waals surface area contributed by atoms with Gasteiger partial charge in [-0.3, -0.25) is 9.69 Å². The first-order valence-electron chi connectivity index (χ1n) is 8.40. The summed E-state index contributed by atoms with van der Waals surface area (Å²) in [5.74, 6) is -1.08. The molecule has 1 aliphatic heterocycles. The Morgan fingerprint density at radius 1 is 1.26 bits per heavy atom. The minimum Gasteiger partial charge on any atom is -0.496 e. The molecule has 0 aliphatic carbocycles. The molecule has 1 saturated heterocycles. The van der Waals surface area contributed by atoms with Gasteiger partial charge in [-0.15, -0.1) is 0 Å². The molecule has 0 aromatic heterocycles. The Morgan fingerprint density at radius 2 is 1.96 bits per heavy atom. The standard InChI is InChI=1S/C20H19NO4S2/c1-11(2)17(19(23)24)21-18(22)16(27-20(21)26)10-14-13-7-5-4-6-12(13)8-9-15(14)25-3/h4-11,17H,1-3H3,(H,23,24)/b16-10-/t17-/m1/s1. The Labute approximate surface area is 167 Å². The number of carboxylic acid groups (broad SMARTS) is 1. The van der Waals surface area contributed by atoms with Crippen LogP contribution in [0.1, 0.15) is 19.4 Å². The van der Waals surface area contributed by atoms with E-state index in [-0.39, 0.29) is 16.1 Å². The van der Waals surface area contributed by atoms with Gasteiger partial charge in [0.15, 0.2) is 0 Å². The molecule has 1 atom stereocenters. The molecule has 0 unspecified atom stereocenters. The molecule has 7 heteroatoms. The molecule has 1 aliphatic rings. The van der Waals surface area contributed by atoms with E-state index in [1.165, 1.54) is 4.90 Å². The molecule has 5 nitrogen and oxygen atoms in total. The van der Waals surface area contributed by atoms with Crippen molar-refractivity contribution in [1.29, 1.82) is 0 Å². The lowest BCUT2D eigenvalue weighted by atomic mass is 10.0. The van der Waals surface area contributed by atoms with Gasteiger partial charge in [0.05, 0.1) is 12.0 Å². The van der Waals surface area contributed by atoms with Crippen LogP contribution in [0.5, 0.6) is 5.75 Å². The third-order valence-corrected chi connectivity index (χ3v) is 5.74. The Bertz CT molecular complexity index is 968. The Hall–Kier alpha value is -2.38. The number of nitrogens with zero attached hydrogens (tertiary/aromatic N) is 1. The summed E-state index contributed by atoms with van der Waals surface area (Å²) in [7, 11) is 1.58. The molecule has 3 rings (SSSR count). The van der Waals surface area contributed by atoms with Crippen molar-refractivity contribution in [2.45, 2.75) is 19.9 Å². The van der Waals surface area contributed by atoms with Gasteiger partial charge in [0.25, 0.3) is 5.91 Å². The molecule has 0 spiro atoms. The van der Waals surface area contributed by atoms with Crippen LogP contribution < -0.4 is 4.74 Å². The highest BCUT2D eigenvalue weighted by molar-refractivity contribution is 8.26. The molecular weight excluding hydrogens is 382 g/mol. The van der Waals surface area contributed by atoms with Crippen LogP contribution in [0.4, 0.5) is 0 Å². The zero-order valence-electron chi connectivity index (χ0n) is 15.1. The van der Waals surface area contributed by atoms with Crippen molar-refractivity contribution in [3.8, 4) is 5.75 Å². The highest BCUT2D eigenvalue weighted by atomic mass is 32.2. The summed E-state index contributed by atoms with van der Waals surface area (Å²) < 4.78 is 5.73. The van der Waals surface area contributed by atoms with Crippen molar-refractivity contribution in [3.63, 3.8) is 0 Å². The van der Waals surface area contributed by atoms with Crippen molar-refractivity contribution in [2.75, 3.05) is 7.11 Å². The molecule has 1 N–H and O–H groups in total. The zero-order chi connectivity index (χ0) is 19.7. The zero-order valence-corrected chi connectivity index (χ0v) is 16.8. The highest BCUT2D eigenvalue weighted by Gasteiger charge is 2.42. The Morgan fingerprint density at radius 3 is 2.59 bits per heavy atom. The lowest BCUT2D eigenvalue weighted by Crippen LogP contribution is -2.47.